The monoisotopic (exact) mass is 288 g/mol. The second-order valence-corrected chi connectivity index (χ2v) is 3.85. The van der Waals surface area contributed by atoms with E-state index in [4.69, 9.17) is 20.4 Å². The third-order valence-corrected chi connectivity index (χ3v) is 2.04. The highest BCUT2D eigenvalue weighted by Crippen LogP contribution is 1.96. The Balaban J connectivity index is 0.000000361. The third kappa shape index (κ3) is 5.50. The molecule has 5 N–H and O–H groups in total. The molecule has 112 valence electrons. The summed E-state index contributed by atoms with van der Waals surface area (Å²) in [5, 5.41) is 32.5. The summed E-state index contributed by atoms with van der Waals surface area (Å²) in [4.78, 5) is 35.0. The Bertz CT molecular complexity index is 437. The highest BCUT2D eigenvalue weighted by Gasteiger charge is 2.29. The average molecular weight is 288 g/mol. The molecule has 20 heavy (non-hydrogen) atoms. The molecule has 9 nitrogen and oxygen atoms in total. The summed E-state index contributed by atoms with van der Waals surface area (Å²) >= 11 is 0. The number of carboxylic acids is 2. The number of amides is 1. The minimum absolute atomic E-state index is 0.00463. The normalized spacial score (nSPS) is 12.6. The Labute approximate surface area is 114 Å². The smallest absolute Gasteiger partial charge is 0.335 e. The highest BCUT2D eigenvalue weighted by molar-refractivity contribution is 5.91. The first-order valence-corrected chi connectivity index (χ1v) is 5.35. The maximum atomic E-state index is 11.1. The molecule has 0 fully saturated rings. The minimum atomic E-state index is -2.27. The van der Waals surface area contributed by atoms with Gasteiger partial charge in [0.25, 0.3) is 5.91 Å². The number of H-pyrrole nitrogens is 1. The van der Waals surface area contributed by atoms with Crippen LogP contribution in [0.4, 0.5) is 0 Å². The van der Waals surface area contributed by atoms with Crippen LogP contribution in [0, 0.1) is 0 Å². The van der Waals surface area contributed by atoms with Gasteiger partial charge in [-0.25, -0.2) is 9.59 Å². The van der Waals surface area contributed by atoms with Crippen LogP contribution < -0.4 is 0 Å². The number of rotatable bonds is 4. The van der Waals surface area contributed by atoms with Crippen LogP contribution >= 0.6 is 0 Å². The lowest BCUT2D eigenvalue weighted by Gasteiger charge is -2.07. The molecular weight excluding hydrogens is 272 g/mol. The van der Waals surface area contributed by atoms with Crippen molar-refractivity contribution in [3.8, 4) is 0 Å². The molecule has 0 aliphatic heterocycles. The summed E-state index contributed by atoms with van der Waals surface area (Å²) in [6, 6.07) is 3.55. The van der Waals surface area contributed by atoms with Crippen molar-refractivity contribution in [3.05, 3.63) is 24.0 Å². The maximum Gasteiger partial charge on any atom is 0.335 e. The van der Waals surface area contributed by atoms with Gasteiger partial charge in [-0.2, -0.15) is 0 Å². The number of aliphatic hydroxyl groups excluding tert-OH is 2. The van der Waals surface area contributed by atoms with Gasteiger partial charge in [-0.3, -0.25) is 4.79 Å². The van der Waals surface area contributed by atoms with Gasteiger partial charge in [0.1, 0.15) is 5.69 Å². The van der Waals surface area contributed by atoms with E-state index in [0.29, 0.717) is 5.69 Å². The lowest BCUT2D eigenvalue weighted by Crippen LogP contribution is -2.39. The van der Waals surface area contributed by atoms with E-state index in [1.807, 2.05) is 0 Å². The molecule has 1 amide bonds. The van der Waals surface area contributed by atoms with Crippen molar-refractivity contribution in [1.29, 1.82) is 0 Å². The molecule has 2 atom stereocenters. The number of carbonyl (C=O) groups is 3. The van der Waals surface area contributed by atoms with E-state index in [0.717, 1.165) is 0 Å². The van der Waals surface area contributed by atoms with Crippen LogP contribution in [-0.2, 0) is 9.59 Å². The second kappa shape index (κ2) is 7.92. The van der Waals surface area contributed by atoms with Gasteiger partial charge in [-0.1, -0.05) is 0 Å². The first-order valence-electron chi connectivity index (χ1n) is 5.35. The molecule has 0 radical (unpaired) electrons. The van der Waals surface area contributed by atoms with Crippen LogP contribution in [0.3, 0.4) is 0 Å². The fraction of sp³-hybridized carbons (Fsp3) is 0.364. The number of aromatic amines is 1. The first kappa shape index (κ1) is 17.6. The van der Waals surface area contributed by atoms with Gasteiger partial charge in [0.05, 0.1) is 0 Å². The summed E-state index contributed by atoms with van der Waals surface area (Å²) in [5.41, 5.74) is 0.630. The van der Waals surface area contributed by atoms with Crippen molar-refractivity contribution in [2.45, 2.75) is 12.2 Å². The zero-order valence-electron chi connectivity index (χ0n) is 10.8. The van der Waals surface area contributed by atoms with E-state index in [-0.39, 0.29) is 5.91 Å². The molecule has 1 aromatic heterocycles. The molecule has 1 rings (SSSR count). The Hall–Kier alpha value is -2.39. The third-order valence-electron chi connectivity index (χ3n) is 2.04. The fourth-order valence-electron chi connectivity index (χ4n) is 0.974. The number of nitrogens with zero attached hydrogens (tertiary/aromatic N) is 1. The number of aromatic nitrogens is 1. The Kier molecular flexibility index (Phi) is 6.97. The minimum Gasteiger partial charge on any atom is -0.479 e. The standard InChI is InChI=1S/C7H10N2O.C4H6O6/c1-9(2)7(10)6-4-3-5-8-6;5-1(3(7)8)2(6)4(9)10/h3-5,8H,1-2H3;1-2,5-6H,(H,7,8)(H,9,10). The summed E-state index contributed by atoms with van der Waals surface area (Å²) in [6.07, 6.45) is -2.80. The van der Waals surface area contributed by atoms with E-state index in [1.54, 1.807) is 32.4 Å². The zero-order valence-corrected chi connectivity index (χ0v) is 10.8. The van der Waals surface area contributed by atoms with Crippen molar-refractivity contribution in [2.75, 3.05) is 14.1 Å². The SMILES string of the molecule is CN(C)C(=O)c1ccc[nH]1.O=C(O)C(O)C(O)C(=O)O. The number of carboxylic acid groups (broad SMARTS) is 2. The largest absolute Gasteiger partial charge is 0.479 e. The first-order chi connectivity index (χ1) is 9.18. The summed E-state index contributed by atoms with van der Waals surface area (Å²) in [7, 11) is 3.45. The van der Waals surface area contributed by atoms with Crippen LogP contribution in [0.25, 0.3) is 0 Å². The Morgan fingerprint density at radius 3 is 1.80 bits per heavy atom. The molecule has 0 spiro atoms. The van der Waals surface area contributed by atoms with Gasteiger partial charge in [-0.05, 0) is 12.1 Å². The number of aliphatic hydroxyl groups is 2. The van der Waals surface area contributed by atoms with Crippen molar-refractivity contribution in [2.24, 2.45) is 0 Å². The van der Waals surface area contributed by atoms with E-state index < -0.39 is 24.1 Å². The quantitative estimate of drug-likeness (QED) is 0.456. The molecule has 0 aromatic carbocycles. The van der Waals surface area contributed by atoms with Crippen LogP contribution in [0.5, 0.6) is 0 Å². The summed E-state index contributed by atoms with van der Waals surface area (Å²) < 4.78 is 0. The Morgan fingerprint density at radius 1 is 1.10 bits per heavy atom. The van der Waals surface area contributed by atoms with E-state index in [1.165, 1.54) is 4.90 Å². The van der Waals surface area contributed by atoms with Crippen LogP contribution in [0.2, 0.25) is 0 Å². The molecular formula is C11H16N2O7. The maximum absolute atomic E-state index is 11.1. The molecule has 0 saturated carbocycles. The van der Waals surface area contributed by atoms with E-state index in [2.05, 4.69) is 4.98 Å². The molecule has 9 heteroatoms. The van der Waals surface area contributed by atoms with Crippen LogP contribution in [0.1, 0.15) is 10.5 Å². The lowest BCUT2D eigenvalue weighted by atomic mass is 10.2. The predicted molar refractivity (Wildman–Crippen MR) is 66.1 cm³/mol. The molecule has 1 heterocycles. The Morgan fingerprint density at radius 2 is 1.55 bits per heavy atom. The van der Waals surface area contributed by atoms with Gasteiger partial charge >= 0.3 is 11.9 Å². The molecule has 1 aromatic rings. The predicted octanol–water partition coefficient (Wildman–Crippen LogP) is -1.41. The molecule has 2 unspecified atom stereocenters. The highest BCUT2D eigenvalue weighted by atomic mass is 16.4. The number of nitrogens with one attached hydrogen (secondary N) is 1. The van der Waals surface area contributed by atoms with E-state index in [9.17, 15) is 14.4 Å². The van der Waals surface area contributed by atoms with Gasteiger partial charge < -0.3 is 30.3 Å². The van der Waals surface area contributed by atoms with Crippen LogP contribution in [-0.4, -0.2) is 74.5 Å². The van der Waals surface area contributed by atoms with Crippen molar-refractivity contribution >= 4 is 17.8 Å². The number of aliphatic carboxylic acids is 2. The van der Waals surface area contributed by atoms with Gasteiger partial charge in [-0.15, -0.1) is 0 Å². The van der Waals surface area contributed by atoms with E-state index >= 15 is 0 Å². The zero-order chi connectivity index (χ0) is 15.9. The van der Waals surface area contributed by atoms with Gasteiger partial charge in [0, 0.05) is 20.3 Å². The molecule has 0 aliphatic carbocycles. The van der Waals surface area contributed by atoms with Crippen LogP contribution in [0.15, 0.2) is 18.3 Å². The number of hydrogen-bond donors (Lipinski definition) is 5. The summed E-state index contributed by atoms with van der Waals surface area (Å²) in [6.45, 7) is 0. The molecule has 0 aliphatic rings. The fourth-order valence-corrected chi connectivity index (χ4v) is 0.974. The lowest BCUT2D eigenvalue weighted by molar-refractivity contribution is -0.165. The average Bonchev–Trinajstić information content (AvgIpc) is 2.90. The van der Waals surface area contributed by atoms with Gasteiger partial charge in [0.2, 0.25) is 0 Å². The summed E-state index contributed by atoms with van der Waals surface area (Å²) in [5.74, 6) is -3.53. The topological polar surface area (TPSA) is 151 Å². The number of carbonyl (C=O) groups excluding carboxylic acids is 1. The van der Waals surface area contributed by atoms with Crippen molar-refractivity contribution < 1.29 is 34.8 Å². The van der Waals surface area contributed by atoms with Crippen molar-refractivity contribution in [1.82, 2.24) is 9.88 Å². The van der Waals surface area contributed by atoms with Crippen molar-refractivity contribution in [3.63, 3.8) is 0 Å². The second-order valence-electron chi connectivity index (χ2n) is 3.85. The number of hydrogen-bond acceptors (Lipinski definition) is 5. The molecule has 0 bridgehead atoms. The van der Waals surface area contributed by atoms with Gasteiger partial charge in [0.15, 0.2) is 12.2 Å². The molecule has 0 saturated heterocycles.